The van der Waals surface area contributed by atoms with Gasteiger partial charge in [-0.15, -0.1) is 34.4 Å². The van der Waals surface area contributed by atoms with E-state index >= 15 is 0 Å². The van der Waals surface area contributed by atoms with Crippen molar-refractivity contribution < 1.29 is 9.59 Å². The van der Waals surface area contributed by atoms with Gasteiger partial charge in [0.1, 0.15) is 0 Å². The maximum Gasteiger partial charge on any atom is 0.236 e. The first-order valence-electron chi connectivity index (χ1n) is 9.91. The minimum absolute atomic E-state index is 0.0167. The lowest BCUT2D eigenvalue weighted by Gasteiger charge is -2.37. The summed E-state index contributed by atoms with van der Waals surface area (Å²) in [5.74, 6) is 0.262. The monoisotopic (exact) mass is 456 g/mol. The molecule has 0 radical (unpaired) electrons. The first-order valence-corrected chi connectivity index (χ1v) is 12.7. The molecule has 2 amide bonds. The summed E-state index contributed by atoms with van der Waals surface area (Å²) in [6.07, 6.45) is 0.895. The minimum atomic E-state index is -0.281. The second-order valence-electron chi connectivity index (χ2n) is 7.37. The Bertz CT molecular complexity index is 1010. The van der Waals surface area contributed by atoms with Gasteiger partial charge < -0.3 is 10.2 Å². The van der Waals surface area contributed by atoms with Gasteiger partial charge in [0.15, 0.2) is 0 Å². The largest absolute Gasteiger partial charge is 0.329 e. The average Bonchev–Trinajstić information content (AvgIpc) is 3.44. The fourth-order valence-electron chi connectivity index (χ4n) is 3.65. The quantitative estimate of drug-likeness (QED) is 0.544. The number of thiophene rings is 2. The molecule has 0 bridgehead atoms. The molecule has 0 spiro atoms. The number of amides is 2. The molecular weight excluding hydrogens is 432 g/mol. The molecule has 156 valence electrons. The van der Waals surface area contributed by atoms with Gasteiger partial charge >= 0.3 is 0 Å². The topological polar surface area (TPSA) is 49.4 Å². The molecule has 1 N–H and O–H groups in total. The molecular formula is C23H24N2O2S3. The molecule has 1 aliphatic heterocycles. The number of rotatable bonds is 6. The Morgan fingerprint density at radius 3 is 2.70 bits per heavy atom. The Kier molecular flexibility index (Phi) is 6.61. The van der Waals surface area contributed by atoms with E-state index in [1.165, 1.54) is 27.1 Å². The van der Waals surface area contributed by atoms with Crippen molar-refractivity contribution in [2.24, 2.45) is 0 Å². The Hall–Kier alpha value is -2.09. The van der Waals surface area contributed by atoms with Gasteiger partial charge in [-0.05, 0) is 60.9 Å². The SMILES string of the molecule is Cc1ccc(NC(=O)CSC(C)C(=O)N2CCc3sccc3C2c2cccs2)cc1. The third-order valence-electron chi connectivity index (χ3n) is 5.21. The number of hydrogen-bond acceptors (Lipinski definition) is 5. The van der Waals surface area contributed by atoms with Crippen LogP contribution in [0.15, 0.2) is 53.2 Å². The molecule has 4 rings (SSSR count). The summed E-state index contributed by atoms with van der Waals surface area (Å²) in [5.41, 5.74) is 3.18. The lowest BCUT2D eigenvalue weighted by molar-refractivity contribution is -0.132. The van der Waals surface area contributed by atoms with Crippen molar-refractivity contribution in [2.75, 3.05) is 17.6 Å². The number of carbonyl (C=O) groups excluding carboxylic acids is 2. The van der Waals surface area contributed by atoms with E-state index in [9.17, 15) is 9.59 Å². The minimum Gasteiger partial charge on any atom is -0.329 e. The number of aryl methyl sites for hydroxylation is 1. The predicted octanol–water partition coefficient (Wildman–Crippen LogP) is 5.35. The molecule has 1 aromatic carbocycles. The second-order valence-corrected chi connectivity index (χ2v) is 10.7. The van der Waals surface area contributed by atoms with Crippen LogP contribution in [0.4, 0.5) is 5.69 Å². The average molecular weight is 457 g/mol. The van der Waals surface area contributed by atoms with Crippen molar-refractivity contribution in [1.29, 1.82) is 0 Å². The normalized spacial score (nSPS) is 16.7. The lowest BCUT2D eigenvalue weighted by atomic mass is 9.98. The van der Waals surface area contributed by atoms with Gasteiger partial charge in [-0.2, -0.15) is 0 Å². The third-order valence-corrected chi connectivity index (χ3v) is 8.26. The lowest BCUT2D eigenvalue weighted by Crippen LogP contribution is -2.43. The first kappa shape index (κ1) is 21.2. The predicted molar refractivity (Wildman–Crippen MR) is 128 cm³/mol. The van der Waals surface area contributed by atoms with Crippen molar-refractivity contribution in [1.82, 2.24) is 4.90 Å². The Balaban J connectivity index is 1.40. The van der Waals surface area contributed by atoms with Crippen LogP contribution in [0, 0.1) is 6.92 Å². The molecule has 1 aliphatic rings. The molecule has 0 saturated carbocycles. The van der Waals surface area contributed by atoms with Crippen molar-refractivity contribution in [3.05, 3.63) is 74.1 Å². The highest BCUT2D eigenvalue weighted by Gasteiger charge is 2.35. The number of nitrogens with zero attached hydrogens (tertiary/aromatic N) is 1. The van der Waals surface area contributed by atoms with Crippen LogP contribution in [-0.2, 0) is 16.0 Å². The van der Waals surface area contributed by atoms with Gasteiger partial charge in [-0.1, -0.05) is 23.8 Å². The zero-order chi connectivity index (χ0) is 21.1. The molecule has 3 aromatic rings. The molecule has 2 aromatic heterocycles. The van der Waals surface area contributed by atoms with Crippen molar-refractivity contribution in [2.45, 2.75) is 31.6 Å². The standard InChI is InChI=1S/C23H24N2O2S3/c1-15-5-7-17(8-6-15)24-21(26)14-30-16(2)23(27)25-11-9-19-18(10-13-29-19)22(25)20-4-3-12-28-20/h3-8,10,12-13,16,22H,9,11,14H2,1-2H3,(H,24,26). The number of thioether (sulfide) groups is 1. The molecule has 2 atom stereocenters. The molecule has 7 heteroatoms. The summed E-state index contributed by atoms with van der Waals surface area (Å²) in [6.45, 7) is 4.63. The summed E-state index contributed by atoms with van der Waals surface area (Å²) in [4.78, 5) is 30.2. The summed E-state index contributed by atoms with van der Waals surface area (Å²) in [5, 5.41) is 6.80. The Morgan fingerprint density at radius 2 is 1.97 bits per heavy atom. The van der Waals surface area contributed by atoms with Crippen LogP contribution in [-0.4, -0.2) is 34.3 Å². The van der Waals surface area contributed by atoms with Gasteiger partial charge in [0.25, 0.3) is 0 Å². The Morgan fingerprint density at radius 1 is 1.17 bits per heavy atom. The maximum absolute atomic E-state index is 13.3. The third kappa shape index (κ3) is 4.63. The van der Waals surface area contributed by atoms with E-state index in [4.69, 9.17) is 0 Å². The summed E-state index contributed by atoms with van der Waals surface area (Å²) >= 11 is 4.86. The zero-order valence-corrected chi connectivity index (χ0v) is 19.4. The van der Waals surface area contributed by atoms with E-state index in [-0.39, 0.29) is 28.9 Å². The number of hydrogen-bond donors (Lipinski definition) is 1. The van der Waals surface area contributed by atoms with E-state index in [1.54, 1.807) is 22.7 Å². The van der Waals surface area contributed by atoms with Crippen LogP contribution >= 0.6 is 34.4 Å². The van der Waals surface area contributed by atoms with Crippen LogP contribution in [0.5, 0.6) is 0 Å². The van der Waals surface area contributed by atoms with Gasteiger partial charge in [0.05, 0.1) is 17.0 Å². The fraction of sp³-hybridized carbons (Fsp3) is 0.304. The summed E-state index contributed by atoms with van der Waals surface area (Å²) in [6, 6.07) is 14.0. The summed E-state index contributed by atoms with van der Waals surface area (Å²) < 4.78 is 0. The van der Waals surface area contributed by atoms with E-state index in [0.717, 1.165) is 24.2 Å². The number of carbonyl (C=O) groups is 2. The van der Waals surface area contributed by atoms with Gasteiger partial charge in [-0.25, -0.2) is 0 Å². The fourth-order valence-corrected chi connectivity index (χ4v) is 6.16. The molecule has 3 heterocycles. The van der Waals surface area contributed by atoms with Crippen LogP contribution < -0.4 is 5.32 Å². The van der Waals surface area contributed by atoms with Gasteiger partial charge in [-0.3, -0.25) is 9.59 Å². The van der Waals surface area contributed by atoms with E-state index in [1.807, 2.05) is 49.1 Å². The zero-order valence-electron chi connectivity index (χ0n) is 17.0. The second kappa shape index (κ2) is 9.37. The van der Waals surface area contributed by atoms with E-state index < -0.39 is 0 Å². The van der Waals surface area contributed by atoms with Crippen LogP contribution in [0.3, 0.4) is 0 Å². The molecule has 2 unspecified atom stereocenters. The maximum atomic E-state index is 13.3. The number of nitrogens with one attached hydrogen (secondary N) is 1. The van der Waals surface area contributed by atoms with Crippen LogP contribution in [0.1, 0.15) is 33.8 Å². The number of benzene rings is 1. The molecule has 0 fully saturated rings. The van der Waals surface area contributed by atoms with E-state index in [2.05, 4.69) is 28.2 Å². The van der Waals surface area contributed by atoms with Crippen LogP contribution in [0.25, 0.3) is 0 Å². The van der Waals surface area contributed by atoms with Gasteiger partial charge in [0.2, 0.25) is 11.8 Å². The highest BCUT2D eigenvalue weighted by atomic mass is 32.2. The Labute approximate surface area is 189 Å². The molecule has 0 saturated heterocycles. The van der Waals surface area contributed by atoms with Crippen LogP contribution in [0.2, 0.25) is 0 Å². The summed E-state index contributed by atoms with van der Waals surface area (Å²) in [7, 11) is 0. The molecule has 30 heavy (non-hydrogen) atoms. The highest BCUT2D eigenvalue weighted by Crippen LogP contribution is 2.40. The smallest absolute Gasteiger partial charge is 0.236 e. The molecule has 0 aliphatic carbocycles. The van der Waals surface area contributed by atoms with Crippen molar-refractivity contribution in [3.63, 3.8) is 0 Å². The van der Waals surface area contributed by atoms with Gasteiger partial charge in [0, 0.05) is 22.0 Å². The van der Waals surface area contributed by atoms with Crippen molar-refractivity contribution in [3.8, 4) is 0 Å². The number of fused-ring (bicyclic) bond motifs is 1. The molecule has 4 nitrogen and oxygen atoms in total. The van der Waals surface area contributed by atoms with Crippen molar-refractivity contribution >= 4 is 51.9 Å². The first-order chi connectivity index (χ1) is 14.5. The van der Waals surface area contributed by atoms with E-state index in [0.29, 0.717) is 0 Å². The highest BCUT2D eigenvalue weighted by molar-refractivity contribution is 8.01. The number of anilines is 1.